The van der Waals surface area contributed by atoms with E-state index >= 15 is 0 Å². The van der Waals surface area contributed by atoms with Crippen LogP contribution in [0.3, 0.4) is 0 Å². The van der Waals surface area contributed by atoms with Crippen molar-refractivity contribution in [3.05, 3.63) is 17.8 Å². The Morgan fingerprint density at radius 3 is 2.60 bits per heavy atom. The first-order valence-corrected chi connectivity index (χ1v) is 5.41. The molecule has 1 aromatic rings. The Morgan fingerprint density at radius 2 is 2.13 bits per heavy atom. The summed E-state index contributed by atoms with van der Waals surface area (Å²) in [5.41, 5.74) is 6.29. The smallest absolute Gasteiger partial charge is 0.150 e. The van der Waals surface area contributed by atoms with E-state index in [1.807, 2.05) is 19.2 Å². The predicted molar refractivity (Wildman–Crippen MR) is 62.6 cm³/mol. The number of hydrogen-bond acceptors (Lipinski definition) is 4. The number of anilines is 1. The third-order valence-corrected chi connectivity index (χ3v) is 2.59. The van der Waals surface area contributed by atoms with Crippen LogP contribution >= 0.6 is 0 Å². The maximum atomic E-state index is 5.46. The Kier molecular flexibility index (Phi) is 4.49. The summed E-state index contributed by atoms with van der Waals surface area (Å²) in [5, 5.41) is 8.17. The summed E-state index contributed by atoms with van der Waals surface area (Å²) in [4.78, 5) is 2.13. The van der Waals surface area contributed by atoms with Crippen LogP contribution in [0.4, 0.5) is 5.82 Å². The molecule has 84 valence electrons. The van der Waals surface area contributed by atoms with Crippen molar-refractivity contribution in [2.24, 2.45) is 11.7 Å². The van der Waals surface area contributed by atoms with Gasteiger partial charge in [0.2, 0.25) is 0 Å². The quantitative estimate of drug-likeness (QED) is 0.795. The highest BCUT2D eigenvalue weighted by Crippen LogP contribution is 2.11. The van der Waals surface area contributed by atoms with Crippen LogP contribution in [0.15, 0.2) is 12.1 Å². The molecule has 1 aromatic heterocycles. The molecule has 0 saturated heterocycles. The van der Waals surface area contributed by atoms with Crippen LogP contribution < -0.4 is 10.6 Å². The van der Waals surface area contributed by atoms with E-state index in [0.29, 0.717) is 12.5 Å². The van der Waals surface area contributed by atoms with Gasteiger partial charge in [-0.25, -0.2) is 0 Å². The molecule has 0 aliphatic heterocycles. The molecular weight excluding hydrogens is 188 g/mol. The molecule has 1 atom stereocenters. The highest BCUT2D eigenvalue weighted by molar-refractivity contribution is 5.36. The third kappa shape index (κ3) is 3.47. The number of aromatic nitrogens is 2. The van der Waals surface area contributed by atoms with Gasteiger partial charge in [0.25, 0.3) is 0 Å². The Labute approximate surface area is 91.5 Å². The molecule has 0 aliphatic carbocycles. The fraction of sp³-hybridized carbons (Fsp3) is 0.636. The van der Waals surface area contributed by atoms with Gasteiger partial charge in [-0.15, -0.1) is 5.10 Å². The molecule has 1 rings (SSSR count). The molecule has 1 unspecified atom stereocenters. The lowest BCUT2D eigenvalue weighted by atomic mass is 10.1. The molecule has 4 nitrogen and oxygen atoms in total. The average molecular weight is 208 g/mol. The fourth-order valence-electron chi connectivity index (χ4n) is 1.36. The zero-order valence-electron chi connectivity index (χ0n) is 9.77. The monoisotopic (exact) mass is 208 g/mol. The molecular formula is C11H20N4. The molecule has 1 heterocycles. The summed E-state index contributed by atoms with van der Waals surface area (Å²) in [7, 11) is 2.04. The minimum atomic E-state index is 0.447. The fourth-order valence-corrected chi connectivity index (χ4v) is 1.36. The van der Waals surface area contributed by atoms with Crippen molar-refractivity contribution >= 4 is 5.82 Å². The first-order chi connectivity index (χ1) is 7.17. The molecule has 0 aromatic carbocycles. The summed E-state index contributed by atoms with van der Waals surface area (Å²) in [6.45, 7) is 5.88. The standard InChI is InChI=1S/C11H20N4/c1-4-9(2)8-15(3)11-6-5-10(7-12)13-14-11/h5-6,9H,4,7-8,12H2,1-3H3. The van der Waals surface area contributed by atoms with Crippen LogP contribution in [-0.4, -0.2) is 23.8 Å². The maximum Gasteiger partial charge on any atom is 0.150 e. The van der Waals surface area contributed by atoms with E-state index < -0.39 is 0 Å². The molecule has 0 aliphatic rings. The zero-order valence-corrected chi connectivity index (χ0v) is 9.77. The van der Waals surface area contributed by atoms with Gasteiger partial charge in [0, 0.05) is 20.1 Å². The first-order valence-electron chi connectivity index (χ1n) is 5.41. The van der Waals surface area contributed by atoms with Crippen molar-refractivity contribution < 1.29 is 0 Å². The zero-order chi connectivity index (χ0) is 11.3. The van der Waals surface area contributed by atoms with Crippen molar-refractivity contribution in [3.63, 3.8) is 0 Å². The van der Waals surface area contributed by atoms with E-state index in [2.05, 4.69) is 28.9 Å². The second kappa shape index (κ2) is 5.66. The lowest BCUT2D eigenvalue weighted by molar-refractivity contribution is 0.556. The minimum absolute atomic E-state index is 0.447. The Morgan fingerprint density at radius 1 is 1.40 bits per heavy atom. The van der Waals surface area contributed by atoms with E-state index in [4.69, 9.17) is 5.73 Å². The second-order valence-electron chi connectivity index (χ2n) is 3.98. The molecule has 0 amide bonds. The van der Waals surface area contributed by atoms with Crippen LogP contribution in [0.5, 0.6) is 0 Å². The third-order valence-electron chi connectivity index (χ3n) is 2.59. The molecule has 15 heavy (non-hydrogen) atoms. The van der Waals surface area contributed by atoms with E-state index in [1.165, 1.54) is 6.42 Å². The summed E-state index contributed by atoms with van der Waals surface area (Å²) >= 11 is 0. The van der Waals surface area contributed by atoms with Crippen LogP contribution in [-0.2, 0) is 6.54 Å². The Balaban J connectivity index is 2.61. The number of rotatable bonds is 5. The summed E-state index contributed by atoms with van der Waals surface area (Å²) < 4.78 is 0. The van der Waals surface area contributed by atoms with E-state index in [0.717, 1.165) is 18.1 Å². The average Bonchev–Trinajstić information content (AvgIpc) is 2.29. The molecule has 0 saturated carbocycles. The molecule has 0 radical (unpaired) electrons. The molecule has 0 spiro atoms. The van der Waals surface area contributed by atoms with Crippen LogP contribution in [0, 0.1) is 5.92 Å². The summed E-state index contributed by atoms with van der Waals surface area (Å²) in [5.74, 6) is 1.58. The van der Waals surface area contributed by atoms with E-state index in [1.54, 1.807) is 0 Å². The van der Waals surface area contributed by atoms with Gasteiger partial charge in [-0.2, -0.15) is 5.10 Å². The van der Waals surface area contributed by atoms with Crippen LogP contribution in [0.2, 0.25) is 0 Å². The van der Waals surface area contributed by atoms with Gasteiger partial charge >= 0.3 is 0 Å². The van der Waals surface area contributed by atoms with Gasteiger partial charge in [0.05, 0.1) is 5.69 Å². The van der Waals surface area contributed by atoms with Gasteiger partial charge in [-0.05, 0) is 18.1 Å². The van der Waals surface area contributed by atoms with Crippen molar-refractivity contribution in [3.8, 4) is 0 Å². The number of nitrogens with two attached hydrogens (primary N) is 1. The minimum Gasteiger partial charge on any atom is -0.358 e. The first kappa shape index (κ1) is 11.9. The van der Waals surface area contributed by atoms with E-state index in [9.17, 15) is 0 Å². The topological polar surface area (TPSA) is 55.0 Å². The normalized spacial score (nSPS) is 12.5. The number of nitrogens with zero attached hydrogens (tertiary/aromatic N) is 3. The molecule has 4 heteroatoms. The predicted octanol–water partition coefficient (Wildman–Crippen LogP) is 1.42. The Bertz CT molecular complexity index is 283. The highest BCUT2D eigenvalue weighted by atomic mass is 15.2. The highest BCUT2D eigenvalue weighted by Gasteiger charge is 2.06. The summed E-state index contributed by atoms with van der Waals surface area (Å²) in [6.07, 6.45) is 1.18. The van der Waals surface area contributed by atoms with Crippen LogP contribution in [0.1, 0.15) is 26.0 Å². The largest absolute Gasteiger partial charge is 0.358 e. The van der Waals surface area contributed by atoms with E-state index in [-0.39, 0.29) is 0 Å². The van der Waals surface area contributed by atoms with Crippen molar-refractivity contribution in [1.82, 2.24) is 10.2 Å². The van der Waals surface area contributed by atoms with Crippen molar-refractivity contribution in [2.45, 2.75) is 26.8 Å². The summed E-state index contributed by atoms with van der Waals surface area (Å²) in [6, 6.07) is 3.90. The molecule has 0 bridgehead atoms. The second-order valence-corrected chi connectivity index (χ2v) is 3.98. The van der Waals surface area contributed by atoms with Gasteiger partial charge in [-0.3, -0.25) is 0 Å². The van der Waals surface area contributed by atoms with Gasteiger partial charge in [0.15, 0.2) is 5.82 Å². The lowest BCUT2D eigenvalue weighted by Gasteiger charge is -2.21. The lowest BCUT2D eigenvalue weighted by Crippen LogP contribution is -2.24. The number of hydrogen-bond donors (Lipinski definition) is 1. The van der Waals surface area contributed by atoms with Crippen molar-refractivity contribution in [2.75, 3.05) is 18.5 Å². The maximum absolute atomic E-state index is 5.46. The SMILES string of the molecule is CCC(C)CN(C)c1ccc(CN)nn1. The van der Waals surface area contributed by atoms with Crippen molar-refractivity contribution in [1.29, 1.82) is 0 Å². The molecule has 0 fully saturated rings. The Hall–Kier alpha value is -1.16. The van der Waals surface area contributed by atoms with Gasteiger partial charge < -0.3 is 10.6 Å². The van der Waals surface area contributed by atoms with Gasteiger partial charge in [0.1, 0.15) is 0 Å². The molecule has 2 N–H and O–H groups in total. The van der Waals surface area contributed by atoms with Crippen LogP contribution in [0.25, 0.3) is 0 Å². The van der Waals surface area contributed by atoms with Gasteiger partial charge in [-0.1, -0.05) is 20.3 Å².